The summed E-state index contributed by atoms with van der Waals surface area (Å²) in [6, 6.07) is 2.51. The Morgan fingerprint density at radius 2 is 2.29 bits per heavy atom. The quantitative estimate of drug-likeness (QED) is 0.899. The molecule has 6 nitrogen and oxygen atoms in total. The largest absolute Gasteiger partial charge is 0.342 e. The third kappa shape index (κ3) is 3.10. The highest BCUT2D eigenvalue weighted by atomic mass is 32.1. The summed E-state index contributed by atoms with van der Waals surface area (Å²) in [5.41, 5.74) is 1.32. The number of thiazole rings is 1. The number of nitrogens with one attached hydrogen (secondary N) is 1. The van der Waals surface area contributed by atoms with Crippen molar-refractivity contribution >= 4 is 17.2 Å². The van der Waals surface area contributed by atoms with Gasteiger partial charge in [0.1, 0.15) is 5.01 Å². The van der Waals surface area contributed by atoms with Gasteiger partial charge in [-0.3, -0.25) is 14.8 Å². The van der Waals surface area contributed by atoms with E-state index in [1.807, 2.05) is 22.5 Å². The topological polar surface area (TPSA) is 65.1 Å². The van der Waals surface area contributed by atoms with Gasteiger partial charge in [-0.25, -0.2) is 4.98 Å². The molecule has 0 aromatic carbocycles. The molecule has 1 unspecified atom stereocenters. The van der Waals surface area contributed by atoms with E-state index in [0.717, 1.165) is 38.2 Å². The van der Waals surface area contributed by atoms with Crippen molar-refractivity contribution in [3.63, 3.8) is 0 Å². The first-order chi connectivity index (χ1) is 11.7. The molecule has 4 rings (SSSR count). The summed E-state index contributed by atoms with van der Waals surface area (Å²) in [7, 11) is 2.20. The van der Waals surface area contributed by atoms with Gasteiger partial charge in [0.25, 0.3) is 0 Å². The van der Waals surface area contributed by atoms with E-state index in [2.05, 4.69) is 27.1 Å². The first-order valence-corrected chi connectivity index (χ1v) is 9.39. The molecule has 128 valence electrons. The molecule has 2 fully saturated rings. The van der Waals surface area contributed by atoms with Crippen molar-refractivity contribution in [3.8, 4) is 0 Å². The van der Waals surface area contributed by atoms with Crippen LogP contribution in [0.15, 0.2) is 23.8 Å². The summed E-state index contributed by atoms with van der Waals surface area (Å²) in [6.45, 7) is 2.70. The molecule has 1 amide bonds. The monoisotopic (exact) mass is 345 g/mol. The summed E-state index contributed by atoms with van der Waals surface area (Å²) in [5, 5.41) is 10.0. The molecule has 1 aliphatic heterocycles. The van der Waals surface area contributed by atoms with Gasteiger partial charge in [-0.1, -0.05) is 0 Å². The number of carbonyl (C=O) groups is 1. The molecule has 24 heavy (non-hydrogen) atoms. The summed E-state index contributed by atoms with van der Waals surface area (Å²) < 4.78 is 0. The number of carbonyl (C=O) groups excluding carboxylic acids is 1. The molecule has 3 heterocycles. The highest BCUT2D eigenvalue weighted by Crippen LogP contribution is 2.56. The number of hydrogen-bond donors (Lipinski definition) is 1. The highest BCUT2D eigenvalue weighted by Gasteiger charge is 2.56. The third-order valence-electron chi connectivity index (χ3n) is 5.56. The lowest BCUT2D eigenvalue weighted by molar-refractivity contribution is -0.132. The van der Waals surface area contributed by atoms with E-state index in [1.54, 1.807) is 17.5 Å². The fraction of sp³-hybridized carbons (Fsp3) is 0.588. The molecule has 1 saturated heterocycles. The smallest absolute Gasteiger partial charge is 0.228 e. The molecule has 0 bridgehead atoms. The Balaban J connectivity index is 1.28. The minimum Gasteiger partial charge on any atom is -0.342 e. The van der Waals surface area contributed by atoms with Gasteiger partial charge in [-0.05, 0) is 37.8 Å². The van der Waals surface area contributed by atoms with Crippen LogP contribution in [0, 0.1) is 5.41 Å². The second kappa shape index (κ2) is 6.29. The molecule has 2 aromatic rings. The zero-order valence-corrected chi connectivity index (χ0v) is 14.8. The van der Waals surface area contributed by atoms with Crippen LogP contribution in [-0.4, -0.2) is 57.1 Å². The van der Waals surface area contributed by atoms with Gasteiger partial charge >= 0.3 is 0 Å². The SMILES string of the molecule is CN(Cc1nccs1)C1CC12CCN(C(=O)Cc1ccn[nH]1)CC2. The fourth-order valence-electron chi connectivity index (χ4n) is 4.00. The fourth-order valence-corrected chi connectivity index (χ4v) is 4.68. The Morgan fingerprint density at radius 3 is 2.96 bits per heavy atom. The first kappa shape index (κ1) is 15.8. The summed E-state index contributed by atoms with van der Waals surface area (Å²) in [6.07, 6.45) is 7.50. The molecule has 2 aliphatic rings. The van der Waals surface area contributed by atoms with Crippen LogP contribution in [0.2, 0.25) is 0 Å². The van der Waals surface area contributed by atoms with E-state index in [0.29, 0.717) is 17.9 Å². The molecule has 1 aliphatic carbocycles. The molecule has 1 spiro atoms. The normalized spacial score (nSPS) is 22.2. The van der Waals surface area contributed by atoms with E-state index in [4.69, 9.17) is 0 Å². The number of amides is 1. The zero-order valence-electron chi connectivity index (χ0n) is 13.9. The lowest BCUT2D eigenvalue weighted by Crippen LogP contribution is -2.42. The minimum atomic E-state index is 0.211. The van der Waals surface area contributed by atoms with E-state index < -0.39 is 0 Å². The van der Waals surface area contributed by atoms with Gasteiger partial charge in [0.15, 0.2) is 0 Å². The van der Waals surface area contributed by atoms with Crippen LogP contribution in [0.1, 0.15) is 30.0 Å². The van der Waals surface area contributed by atoms with E-state index in [-0.39, 0.29) is 5.91 Å². The van der Waals surface area contributed by atoms with Crippen molar-refractivity contribution in [2.24, 2.45) is 5.41 Å². The predicted molar refractivity (Wildman–Crippen MR) is 92.5 cm³/mol. The number of aromatic nitrogens is 3. The van der Waals surface area contributed by atoms with Crippen LogP contribution < -0.4 is 0 Å². The van der Waals surface area contributed by atoms with Gasteiger partial charge < -0.3 is 4.90 Å². The van der Waals surface area contributed by atoms with Crippen LogP contribution >= 0.6 is 11.3 Å². The second-order valence-corrected chi connectivity index (χ2v) is 8.04. The Kier molecular flexibility index (Phi) is 4.14. The Hall–Kier alpha value is -1.73. The van der Waals surface area contributed by atoms with Crippen LogP contribution in [0.25, 0.3) is 0 Å². The minimum absolute atomic E-state index is 0.211. The number of H-pyrrole nitrogens is 1. The number of piperidine rings is 1. The van der Waals surface area contributed by atoms with Crippen LogP contribution in [0.5, 0.6) is 0 Å². The predicted octanol–water partition coefficient (Wildman–Crippen LogP) is 1.92. The number of rotatable bonds is 5. The van der Waals surface area contributed by atoms with Crippen molar-refractivity contribution in [1.82, 2.24) is 25.0 Å². The Labute approximate surface area is 145 Å². The molecule has 1 N–H and O–H groups in total. The molecular formula is C17H23N5OS. The maximum atomic E-state index is 12.4. The van der Waals surface area contributed by atoms with Crippen LogP contribution in [0.4, 0.5) is 0 Å². The lowest BCUT2D eigenvalue weighted by Gasteiger charge is -2.34. The zero-order chi connectivity index (χ0) is 16.6. The second-order valence-electron chi connectivity index (χ2n) is 7.06. The maximum Gasteiger partial charge on any atom is 0.228 e. The van der Waals surface area contributed by atoms with Crippen molar-refractivity contribution < 1.29 is 4.79 Å². The van der Waals surface area contributed by atoms with Gasteiger partial charge in [-0.15, -0.1) is 11.3 Å². The third-order valence-corrected chi connectivity index (χ3v) is 6.32. The number of hydrogen-bond acceptors (Lipinski definition) is 5. The molecule has 7 heteroatoms. The highest BCUT2D eigenvalue weighted by molar-refractivity contribution is 7.09. The van der Waals surface area contributed by atoms with E-state index in [9.17, 15) is 4.79 Å². The average Bonchev–Trinajstić information content (AvgIpc) is 2.99. The first-order valence-electron chi connectivity index (χ1n) is 8.51. The molecule has 0 radical (unpaired) electrons. The standard InChI is InChI=1S/C17H23N5OS/c1-21(12-15-18-6-9-24-15)14-11-17(14)3-7-22(8-4-17)16(23)10-13-2-5-19-20-13/h2,5-6,9,14H,3-4,7-8,10-12H2,1H3,(H,19,20). The molecule has 1 saturated carbocycles. The van der Waals surface area contributed by atoms with Crippen molar-refractivity contribution in [2.75, 3.05) is 20.1 Å². The maximum absolute atomic E-state index is 12.4. The summed E-state index contributed by atoms with van der Waals surface area (Å²) in [5.74, 6) is 0.211. The number of nitrogens with zero attached hydrogens (tertiary/aromatic N) is 4. The van der Waals surface area contributed by atoms with Gasteiger partial charge in [0.05, 0.1) is 13.0 Å². The molecule has 2 aromatic heterocycles. The van der Waals surface area contributed by atoms with Crippen LogP contribution in [-0.2, 0) is 17.8 Å². The number of aromatic amines is 1. The van der Waals surface area contributed by atoms with Crippen molar-refractivity contribution in [2.45, 2.75) is 38.3 Å². The average molecular weight is 345 g/mol. The summed E-state index contributed by atoms with van der Waals surface area (Å²) >= 11 is 1.72. The van der Waals surface area contributed by atoms with Gasteiger partial charge in [-0.2, -0.15) is 5.10 Å². The van der Waals surface area contributed by atoms with E-state index >= 15 is 0 Å². The lowest BCUT2D eigenvalue weighted by atomic mass is 9.92. The van der Waals surface area contributed by atoms with Gasteiger partial charge in [0, 0.05) is 42.6 Å². The molecular weight excluding hydrogens is 322 g/mol. The van der Waals surface area contributed by atoms with Crippen molar-refractivity contribution in [3.05, 3.63) is 34.5 Å². The van der Waals surface area contributed by atoms with Crippen LogP contribution in [0.3, 0.4) is 0 Å². The Morgan fingerprint density at radius 1 is 1.46 bits per heavy atom. The number of likely N-dealkylation sites (tertiary alicyclic amines) is 1. The molecule has 1 atom stereocenters. The van der Waals surface area contributed by atoms with Crippen molar-refractivity contribution in [1.29, 1.82) is 0 Å². The Bertz CT molecular complexity index is 676. The summed E-state index contributed by atoms with van der Waals surface area (Å²) in [4.78, 5) is 21.2. The van der Waals surface area contributed by atoms with E-state index in [1.165, 1.54) is 11.4 Å². The van der Waals surface area contributed by atoms with Gasteiger partial charge in [0.2, 0.25) is 5.91 Å².